The Bertz CT molecular complexity index is 344. The molecule has 0 aromatic heterocycles. The van der Waals surface area contributed by atoms with Gasteiger partial charge in [-0.25, -0.2) is 10.3 Å². The van der Waals surface area contributed by atoms with E-state index in [0.717, 1.165) is 0 Å². The number of hydrogen-bond donors (Lipinski definition) is 2. The molecule has 1 amide bonds. The van der Waals surface area contributed by atoms with Gasteiger partial charge in [0.25, 0.3) is 5.91 Å². The van der Waals surface area contributed by atoms with Crippen molar-refractivity contribution >= 4 is 11.9 Å². The summed E-state index contributed by atoms with van der Waals surface area (Å²) in [5, 5.41) is 8.59. The molecule has 0 radical (unpaired) electrons. The highest BCUT2D eigenvalue weighted by Gasteiger charge is 2.06. The lowest BCUT2D eigenvalue weighted by Gasteiger charge is -2.01. The summed E-state index contributed by atoms with van der Waals surface area (Å²) < 4.78 is 0. The molecule has 1 rings (SSSR count). The summed E-state index contributed by atoms with van der Waals surface area (Å²) in [5.74, 6) is -1.44. The third-order valence-electron chi connectivity index (χ3n) is 1.59. The Kier molecular flexibility index (Phi) is 3.19. The van der Waals surface area contributed by atoms with Gasteiger partial charge in [0, 0.05) is 5.56 Å². The largest absolute Gasteiger partial charge is 0.478 e. The van der Waals surface area contributed by atoms with Crippen LogP contribution in [0, 0.1) is 0 Å². The molecule has 5 heteroatoms. The molecular weight excluding hydrogens is 186 g/mol. The van der Waals surface area contributed by atoms with Crippen LogP contribution in [0.4, 0.5) is 0 Å². The summed E-state index contributed by atoms with van der Waals surface area (Å²) in [6.45, 7) is 0. The molecule has 74 valence electrons. The molecule has 0 aliphatic heterocycles. The van der Waals surface area contributed by atoms with E-state index in [1.54, 1.807) is 0 Å². The Balaban J connectivity index is 2.83. The number of amides is 1. The number of benzene rings is 1. The van der Waals surface area contributed by atoms with Gasteiger partial charge in [-0.2, -0.15) is 0 Å². The molecule has 0 heterocycles. The number of carbonyl (C=O) groups is 2. The third kappa shape index (κ3) is 2.30. The monoisotopic (exact) mass is 195 g/mol. The highest BCUT2D eigenvalue weighted by Crippen LogP contribution is 2.04. The second kappa shape index (κ2) is 4.38. The molecule has 0 aliphatic carbocycles. The van der Waals surface area contributed by atoms with E-state index in [1.807, 2.05) is 0 Å². The van der Waals surface area contributed by atoms with Crippen molar-refractivity contribution < 1.29 is 19.5 Å². The molecule has 0 atom stereocenters. The molecule has 1 aromatic rings. The average molecular weight is 195 g/mol. The van der Waals surface area contributed by atoms with E-state index in [0.29, 0.717) is 5.56 Å². The smallest absolute Gasteiger partial charge is 0.335 e. The van der Waals surface area contributed by atoms with E-state index in [-0.39, 0.29) is 5.56 Å². The molecule has 5 nitrogen and oxygen atoms in total. The van der Waals surface area contributed by atoms with Crippen LogP contribution in [0.25, 0.3) is 0 Å². The molecule has 1 aromatic carbocycles. The zero-order valence-corrected chi connectivity index (χ0v) is 7.48. The van der Waals surface area contributed by atoms with Crippen LogP contribution < -0.4 is 5.48 Å². The Hall–Kier alpha value is -1.88. The van der Waals surface area contributed by atoms with Gasteiger partial charge in [-0.3, -0.25) is 9.63 Å². The first-order chi connectivity index (χ1) is 6.65. The summed E-state index contributed by atoms with van der Waals surface area (Å²) >= 11 is 0. The average Bonchev–Trinajstić information content (AvgIpc) is 2.18. The molecule has 0 saturated heterocycles. The van der Waals surface area contributed by atoms with Crippen LogP contribution in [0.5, 0.6) is 0 Å². The maximum atomic E-state index is 11.1. The first-order valence-corrected chi connectivity index (χ1v) is 3.82. The third-order valence-corrected chi connectivity index (χ3v) is 1.59. The van der Waals surface area contributed by atoms with Gasteiger partial charge < -0.3 is 5.11 Å². The van der Waals surface area contributed by atoms with Crippen LogP contribution in [-0.2, 0) is 4.84 Å². The molecule has 14 heavy (non-hydrogen) atoms. The maximum absolute atomic E-state index is 11.1. The van der Waals surface area contributed by atoms with Crippen LogP contribution in [0.3, 0.4) is 0 Å². The Morgan fingerprint density at radius 3 is 2.14 bits per heavy atom. The minimum Gasteiger partial charge on any atom is -0.478 e. The van der Waals surface area contributed by atoms with Crippen molar-refractivity contribution in [3.8, 4) is 0 Å². The zero-order valence-electron chi connectivity index (χ0n) is 7.48. The predicted octanol–water partition coefficient (Wildman–Crippen LogP) is 0.676. The van der Waals surface area contributed by atoms with Crippen molar-refractivity contribution in [3.05, 3.63) is 35.4 Å². The normalized spacial score (nSPS) is 9.50. The van der Waals surface area contributed by atoms with Crippen molar-refractivity contribution in [2.75, 3.05) is 7.11 Å². The van der Waals surface area contributed by atoms with Crippen molar-refractivity contribution in [2.45, 2.75) is 0 Å². The molecule has 0 unspecified atom stereocenters. The quantitative estimate of drug-likeness (QED) is 0.695. The van der Waals surface area contributed by atoms with Crippen LogP contribution in [0.2, 0.25) is 0 Å². The minimum atomic E-state index is -1.02. The summed E-state index contributed by atoms with van der Waals surface area (Å²) in [6, 6.07) is 5.54. The van der Waals surface area contributed by atoms with Crippen molar-refractivity contribution in [2.24, 2.45) is 0 Å². The number of carbonyl (C=O) groups excluding carboxylic acids is 1. The molecule has 0 spiro atoms. The first-order valence-electron chi connectivity index (χ1n) is 3.82. The first kappa shape index (κ1) is 10.2. The van der Waals surface area contributed by atoms with Crippen LogP contribution in [-0.4, -0.2) is 24.1 Å². The van der Waals surface area contributed by atoms with Gasteiger partial charge >= 0.3 is 5.97 Å². The molecule has 0 saturated carbocycles. The Labute approximate surface area is 80.3 Å². The SMILES string of the molecule is CONC(=O)c1ccc(C(=O)O)cc1. The minimum absolute atomic E-state index is 0.138. The summed E-state index contributed by atoms with van der Waals surface area (Å²) in [6.07, 6.45) is 0. The summed E-state index contributed by atoms with van der Waals surface area (Å²) in [5.41, 5.74) is 2.61. The molecular formula is C9H9NO4. The van der Waals surface area contributed by atoms with E-state index in [4.69, 9.17) is 5.11 Å². The lowest BCUT2D eigenvalue weighted by atomic mass is 10.1. The van der Waals surface area contributed by atoms with E-state index in [9.17, 15) is 9.59 Å². The van der Waals surface area contributed by atoms with Crippen molar-refractivity contribution in [1.82, 2.24) is 5.48 Å². The number of nitrogens with one attached hydrogen (secondary N) is 1. The van der Waals surface area contributed by atoms with E-state index in [1.165, 1.54) is 31.4 Å². The number of hydroxylamine groups is 1. The second-order valence-electron chi connectivity index (χ2n) is 2.52. The number of hydrogen-bond acceptors (Lipinski definition) is 3. The number of aromatic carboxylic acids is 1. The van der Waals surface area contributed by atoms with Crippen LogP contribution in [0.1, 0.15) is 20.7 Å². The number of rotatable bonds is 3. The summed E-state index contributed by atoms with van der Waals surface area (Å²) in [4.78, 5) is 26.0. The number of carboxylic acid groups (broad SMARTS) is 1. The van der Waals surface area contributed by atoms with Gasteiger partial charge in [0.2, 0.25) is 0 Å². The predicted molar refractivity (Wildman–Crippen MR) is 47.9 cm³/mol. The Morgan fingerprint density at radius 2 is 1.71 bits per heavy atom. The van der Waals surface area contributed by atoms with Gasteiger partial charge in [-0.15, -0.1) is 0 Å². The lowest BCUT2D eigenvalue weighted by molar-refractivity contribution is 0.0537. The molecule has 0 fully saturated rings. The molecule has 0 bridgehead atoms. The van der Waals surface area contributed by atoms with Gasteiger partial charge in [-0.05, 0) is 24.3 Å². The molecule has 0 aliphatic rings. The Morgan fingerprint density at radius 1 is 1.21 bits per heavy atom. The van der Waals surface area contributed by atoms with Gasteiger partial charge in [0.05, 0.1) is 12.7 Å². The van der Waals surface area contributed by atoms with Gasteiger partial charge in [-0.1, -0.05) is 0 Å². The maximum Gasteiger partial charge on any atom is 0.335 e. The van der Waals surface area contributed by atoms with Crippen LogP contribution in [0.15, 0.2) is 24.3 Å². The fraction of sp³-hybridized carbons (Fsp3) is 0.111. The standard InChI is InChI=1S/C9H9NO4/c1-14-10-8(11)6-2-4-7(5-3-6)9(12)13/h2-5H,1H3,(H,10,11)(H,12,13). The second-order valence-corrected chi connectivity index (χ2v) is 2.52. The zero-order chi connectivity index (χ0) is 10.6. The lowest BCUT2D eigenvalue weighted by Crippen LogP contribution is -2.21. The van der Waals surface area contributed by atoms with E-state index >= 15 is 0 Å². The van der Waals surface area contributed by atoms with Crippen molar-refractivity contribution in [1.29, 1.82) is 0 Å². The van der Waals surface area contributed by atoms with Crippen LogP contribution >= 0.6 is 0 Å². The molecule has 2 N–H and O–H groups in total. The van der Waals surface area contributed by atoms with E-state index in [2.05, 4.69) is 10.3 Å². The highest BCUT2D eigenvalue weighted by molar-refractivity contribution is 5.95. The highest BCUT2D eigenvalue weighted by atomic mass is 16.6. The van der Waals surface area contributed by atoms with Gasteiger partial charge in [0.1, 0.15) is 0 Å². The van der Waals surface area contributed by atoms with Crippen molar-refractivity contribution in [3.63, 3.8) is 0 Å². The van der Waals surface area contributed by atoms with Gasteiger partial charge in [0.15, 0.2) is 0 Å². The number of carboxylic acids is 1. The summed E-state index contributed by atoms with van der Waals surface area (Å²) in [7, 11) is 1.32. The fourth-order valence-electron chi connectivity index (χ4n) is 0.916. The fourth-order valence-corrected chi connectivity index (χ4v) is 0.916. The van der Waals surface area contributed by atoms with E-state index < -0.39 is 11.9 Å². The topological polar surface area (TPSA) is 75.6 Å².